The van der Waals surface area contributed by atoms with Crippen molar-refractivity contribution in [3.8, 4) is 5.75 Å². The Hall–Kier alpha value is -2.63. The van der Waals surface area contributed by atoms with Crippen LogP contribution in [0.1, 0.15) is 80.3 Å². The number of sulfonamides is 1. The fourth-order valence-electron chi connectivity index (χ4n) is 10.4. The molecule has 52 heavy (non-hydrogen) atoms. The van der Waals surface area contributed by atoms with Crippen LogP contribution in [0.5, 0.6) is 5.75 Å². The number of benzene rings is 2. The van der Waals surface area contributed by atoms with Crippen molar-refractivity contribution in [2.75, 3.05) is 64.4 Å². The molecule has 6 aliphatic rings. The molecule has 2 aliphatic carbocycles. The van der Waals surface area contributed by atoms with Gasteiger partial charge in [0.05, 0.1) is 17.5 Å². The van der Waals surface area contributed by atoms with Gasteiger partial charge in [0.25, 0.3) is 5.91 Å². The molecule has 4 aliphatic heterocycles. The molecule has 0 radical (unpaired) electrons. The van der Waals surface area contributed by atoms with E-state index < -0.39 is 26.8 Å². The van der Waals surface area contributed by atoms with Gasteiger partial charge in [-0.25, -0.2) is 13.1 Å². The SMILES string of the molecule is CO[C@@]1(CN2CCN3CCC[C@@H]3C2)/C=C/C[C@H](C)[C@@H](C)S(=O)(=O)NC(=O)c2ccc3c(c2)N(C[C@@H]2CC[C@H]21)C[C@@]1(CCCc2cc(Cl)ccc21)CO3. The molecule has 1 N–H and O–H groups in total. The molecule has 4 heterocycles. The minimum absolute atomic E-state index is 0.205. The molecule has 2 aromatic carbocycles. The number of hydrogen-bond acceptors (Lipinski definition) is 8. The highest BCUT2D eigenvalue weighted by atomic mass is 35.5. The van der Waals surface area contributed by atoms with Gasteiger partial charge in [-0.15, -0.1) is 0 Å². The van der Waals surface area contributed by atoms with Crippen molar-refractivity contribution in [1.82, 2.24) is 14.5 Å². The predicted octanol–water partition coefficient (Wildman–Crippen LogP) is 6.05. The van der Waals surface area contributed by atoms with Crippen molar-refractivity contribution >= 4 is 33.2 Å². The third-order valence-corrected chi connectivity index (χ3v) is 15.9. The van der Waals surface area contributed by atoms with E-state index in [0.29, 0.717) is 30.6 Å². The molecule has 1 saturated carbocycles. The van der Waals surface area contributed by atoms with Gasteiger partial charge in [-0.1, -0.05) is 36.7 Å². The number of carbonyl (C=O) groups is 1. The van der Waals surface area contributed by atoms with Gasteiger partial charge in [-0.3, -0.25) is 14.6 Å². The van der Waals surface area contributed by atoms with E-state index in [1.165, 1.54) is 30.5 Å². The predicted molar refractivity (Wildman–Crippen MR) is 206 cm³/mol. The molecular weight excluding hydrogens is 696 g/mol. The summed E-state index contributed by atoms with van der Waals surface area (Å²) in [6, 6.07) is 12.3. The number of fused-ring (bicyclic) bond motifs is 5. The monoisotopic (exact) mass is 750 g/mol. The van der Waals surface area contributed by atoms with Crippen molar-refractivity contribution in [1.29, 1.82) is 0 Å². The lowest BCUT2D eigenvalue weighted by Gasteiger charge is -2.52. The van der Waals surface area contributed by atoms with E-state index >= 15 is 0 Å². The fraction of sp³-hybridized carbons (Fsp3) is 0.634. The zero-order chi connectivity index (χ0) is 36.3. The average Bonchev–Trinajstić information content (AvgIpc) is 3.53. The molecule has 7 atom stereocenters. The number of nitrogens with zero attached hydrogens (tertiary/aromatic N) is 3. The summed E-state index contributed by atoms with van der Waals surface area (Å²) in [5.74, 6) is 0.554. The summed E-state index contributed by atoms with van der Waals surface area (Å²) in [6.45, 7) is 10.9. The highest BCUT2D eigenvalue weighted by molar-refractivity contribution is 7.90. The molecule has 282 valence electrons. The number of carbonyl (C=O) groups excluding carboxylic acids is 1. The second-order valence-electron chi connectivity index (χ2n) is 16.8. The van der Waals surface area contributed by atoms with Crippen LogP contribution in [0.3, 0.4) is 0 Å². The maximum Gasteiger partial charge on any atom is 0.264 e. The lowest BCUT2D eigenvalue weighted by atomic mass is 9.63. The molecule has 8 rings (SSSR count). The first kappa shape index (κ1) is 36.4. The van der Waals surface area contributed by atoms with Crippen molar-refractivity contribution in [3.63, 3.8) is 0 Å². The van der Waals surface area contributed by atoms with Crippen molar-refractivity contribution in [2.45, 2.75) is 87.5 Å². The Labute approximate surface area is 315 Å². The number of aryl methyl sites for hydroxylation is 1. The van der Waals surface area contributed by atoms with Crippen LogP contribution in [0.4, 0.5) is 5.69 Å². The maximum atomic E-state index is 13.6. The second kappa shape index (κ2) is 14.2. The number of allylic oxidation sites excluding steroid dienone is 1. The van der Waals surface area contributed by atoms with Gasteiger partial charge in [-0.2, -0.15) is 0 Å². The van der Waals surface area contributed by atoms with E-state index in [0.717, 1.165) is 87.8 Å². The second-order valence-corrected chi connectivity index (χ2v) is 19.2. The molecule has 9 nitrogen and oxygen atoms in total. The zero-order valence-electron chi connectivity index (χ0n) is 31.0. The zero-order valence-corrected chi connectivity index (χ0v) is 32.6. The topological polar surface area (TPSA) is 91.4 Å². The number of piperazine rings is 1. The Kier molecular flexibility index (Phi) is 9.94. The number of methoxy groups -OCH3 is 1. The van der Waals surface area contributed by atoms with Crippen molar-refractivity contribution in [2.24, 2.45) is 17.8 Å². The lowest BCUT2D eigenvalue weighted by Crippen LogP contribution is -2.60. The van der Waals surface area contributed by atoms with E-state index in [1.807, 2.05) is 32.2 Å². The minimum Gasteiger partial charge on any atom is -0.490 e. The lowest BCUT2D eigenvalue weighted by molar-refractivity contribution is -0.0974. The minimum atomic E-state index is -3.94. The molecule has 3 fully saturated rings. The van der Waals surface area contributed by atoms with Crippen LogP contribution < -0.4 is 14.4 Å². The highest BCUT2D eigenvalue weighted by Crippen LogP contribution is 2.49. The summed E-state index contributed by atoms with van der Waals surface area (Å²) in [5, 5.41) is -0.0122. The molecule has 2 bridgehead atoms. The number of rotatable bonds is 3. The molecule has 2 aromatic rings. The number of nitrogens with one attached hydrogen (secondary N) is 1. The van der Waals surface area contributed by atoms with E-state index in [1.54, 1.807) is 13.0 Å². The van der Waals surface area contributed by atoms with Crippen LogP contribution in [0.25, 0.3) is 0 Å². The fourth-order valence-corrected chi connectivity index (χ4v) is 11.8. The molecule has 1 amide bonds. The van der Waals surface area contributed by atoms with Crippen LogP contribution in [-0.4, -0.2) is 101 Å². The summed E-state index contributed by atoms with van der Waals surface area (Å²) in [5.41, 5.74) is 2.98. The van der Waals surface area contributed by atoms with Gasteiger partial charge in [-0.05, 0) is 124 Å². The van der Waals surface area contributed by atoms with Crippen LogP contribution in [0, 0.1) is 17.8 Å². The molecule has 2 saturated heterocycles. The van der Waals surface area contributed by atoms with Crippen LogP contribution >= 0.6 is 11.6 Å². The molecule has 1 spiro atoms. The quantitative estimate of drug-likeness (QED) is 0.380. The van der Waals surface area contributed by atoms with E-state index in [2.05, 4.69) is 43.7 Å². The third kappa shape index (κ3) is 6.69. The van der Waals surface area contributed by atoms with Gasteiger partial charge < -0.3 is 14.4 Å². The van der Waals surface area contributed by atoms with Gasteiger partial charge in [0.15, 0.2) is 0 Å². The van der Waals surface area contributed by atoms with E-state index in [-0.39, 0.29) is 17.3 Å². The summed E-state index contributed by atoms with van der Waals surface area (Å²) < 4.78 is 43.1. The number of ether oxygens (including phenoxy) is 2. The van der Waals surface area contributed by atoms with E-state index in [4.69, 9.17) is 21.1 Å². The first-order chi connectivity index (χ1) is 25.0. The number of anilines is 1. The molecule has 11 heteroatoms. The van der Waals surface area contributed by atoms with Gasteiger partial charge in [0.2, 0.25) is 10.0 Å². The van der Waals surface area contributed by atoms with Crippen molar-refractivity contribution in [3.05, 3.63) is 70.3 Å². The standard InChI is InChI=1S/C41H55ClN4O5S/c1-28-7-4-17-41(50-3,26-44-19-20-45-18-6-9-34(45)24-44)36-13-10-32(36)23-46-25-40(16-5-8-30-21-33(42)12-14-35(30)40)27-51-38-15-11-31(22-37(38)46)39(47)43-52(48,49)29(28)2/h4,11-12,14-15,17,21-22,28-29,32,34,36H,5-10,13,16,18-20,23-27H2,1-3H3,(H,43,47)/b17-4+/t28-,29+,32-,34+,36+,40-,41+/m0/s1. The van der Waals surface area contributed by atoms with Crippen molar-refractivity contribution < 1.29 is 22.7 Å². The Morgan fingerprint density at radius 1 is 1.04 bits per heavy atom. The Bertz CT molecular complexity index is 1820. The van der Waals surface area contributed by atoms with E-state index in [9.17, 15) is 13.2 Å². The highest BCUT2D eigenvalue weighted by Gasteiger charge is 2.50. The summed E-state index contributed by atoms with van der Waals surface area (Å²) in [6.07, 6.45) is 12.7. The number of halogens is 1. The Morgan fingerprint density at radius 3 is 2.71 bits per heavy atom. The van der Waals surface area contributed by atoms with Gasteiger partial charge in [0.1, 0.15) is 11.4 Å². The Morgan fingerprint density at radius 2 is 1.90 bits per heavy atom. The molecule has 0 unspecified atom stereocenters. The molecule has 0 aromatic heterocycles. The number of hydrogen-bond donors (Lipinski definition) is 1. The van der Waals surface area contributed by atoms with Crippen LogP contribution in [-0.2, 0) is 26.6 Å². The van der Waals surface area contributed by atoms with Crippen LogP contribution in [0.15, 0.2) is 48.6 Å². The largest absolute Gasteiger partial charge is 0.490 e. The normalized spacial score (nSPS) is 35.7. The Balaban J connectivity index is 1.19. The smallest absolute Gasteiger partial charge is 0.264 e. The van der Waals surface area contributed by atoms with Crippen LogP contribution in [0.2, 0.25) is 5.02 Å². The first-order valence-electron chi connectivity index (χ1n) is 19.6. The maximum absolute atomic E-state index is 13.6. The third-order valence-electron chi connectivity index (χ3n) is 13.8. The van der Waals surface area contributed by atoms with Gasteiger partial charge in [0, 0.05) is 68.4 Å². The summed E-state index contributed by atoms with van der Waals surface area (Å²) in [7, 11) is -2.07. The first-order valence-corrected chi connectivity index (χ1v) is 21.5. The van der Waals surface area contributed by atoms with Gasteiger partial charge >= 0.3 is 0 Å². The number of amides is 1. The summed E-state index contributed by atoms with van der Waals surface area (Å²) >= 11 is 6.51. The summed E-state index contributed by atoms with van der Waals surface area (Å²) in [4.78, 5) is 21.4. The molecular formula is C41H55ClN4O5S. The average molecular weight is 751 g/mol.